The molecule has 0 aromatic heterocycles. The van der Waals surface area contributed by atoms with Crippen molar-refractivity contribution in [1.29, 1.82) is 0 Å². The maximum atomic E-state index is 13.2. The Morgan fingerprint density at radius 1 is 1.29 bits per heavy atom. The Morgan fingerprint density at radius 3 is 2.38 bits per heavy atom. The van der Waals surface area contributed by atoms with E-state index in [0.29, 0.717) is 12.1 Å². The van der Waals surface area contributed by atoms with Gasteiger partial charge in [-0.3, -0.25) is 4.79 Å². The summed E-state index contributed by atoms with van der Waals surface area (Å²) in [6, 6.07) is 2.10. The van der Waals surface area contributed by atoms with Gasteiger partial charge in [-0.25, -0.2) is 9.18 Å². The van der Waals surface area contributed by atoms with Crippen LogP contribution in [-0.4, -0.2) is 17.0 Å². The first-order valence-corrected chi connectivity index (χ1v) is 5.53. The third kappa shape index (κ3) is 4.90. The van der Waals surface area contributed by atoms with Crippen molar-refractivity contribution in [3.63, 3.8) is 0 Å². The van der Waals surface area contributed by atoms with Gasteiger partial charge in [-0.05, 0) is 17.7 Å². The van der Waals surface area contributed by atoms with Gasteiger partial charge >= 0.3 is 18.1 Å². The highest BCUT2D eigenvalue weighted by Gasteiger charge is 2.33. The lowest BCUT2D eigenvalue weighted by atomic mass is 10.1. The SMILES string of the molecule is C=C(CC(=O)OCc1ccc(C(F)(F)F)c(F)c1)C(=O)O. The lowest BCUT2D eigenvalue weighted by molar-refractivity contribution is -0.146. The highest BCUT2D eigenvalue weighted by atomic mass is 19.4. The fraction of sp³-hybridized carbons (Fsp3) is 0.231. The molecule has 0 bridgehead atoms. The van der Waals surface area contributed by atoms with Gasteiger partial charge in [-0.1, -0.05) is 12.6 Å². The van der Waals surface area contributed by atoms with E-state index in [-0.39, 0.29) is 5.56 Å². The van der Waals surface area contributed by atoms with E-state index in [1.807, 2.05) is 0 Å². The molecule has 0 amide bonds. The van der Waals surface area contributed by atoms with Crippen molar-refractivity contribution in [2.75, 3.05) is 0 Å². The summed E-state index contributed by atoms with van der Waals surface area (Å²) < 4.78 is 54.8. The monoisotopic (exact) mass is 306 g/mol. The molecule has 0 radical (unpaired) electrons. The zero-order valence-electron chi connectivity index (χ0n) is 10.5. The number of carbonyl (C=O) groups is 2. The van der Waals surface area contributed by atoms with Crippen LogP contribution < -0.4 is 0 Å². The molecule has 0 saturated carbocycles. The number of hydrogen-bond acceptors (Lipinski definition) is 3. The molecule has 8 heteroatoms. The standard InChI is InChI=1S/C13H10F4O4/c1-7(12(19)20)4-11(18)21-6-8-2-3-9(10(14)5-8)13(15,16)17/h2-3,5H,1,4,6H2,(H,19,20). The van der Waals surface area contributed by atoms with Crippen LogP contribution in [0.3, 0.4) is 0 Å². The minimum absolute atomic E-state index is 0.00906. The summed E-state index contributed by atoms with van der Waals surface area (Å²) in [4.78, 5) is 21.6. The van der Waals surface area contributed by atoms with Crippen LogP contribution in [0.5, 0.6) is 0 Å². The van der Waals surface area contributed by atoms with Gasteiger partial charge in [-0.15, -0.1) is 0 Å². The number of aliphatic carboxylic acids is 1. The molecule has 0 atom stereocenters. The number of halogens is 4. The van der Waals surface area contributed by atoms with Crippen LogP contribution in [0, 0.1) is 5.82 Å². The smallest absolute Gasteiger partial charge is 0.419 e. The number of esters is 1. The first-order chi connectivity index (χ1) is 9.61. The molecular weight excluding hydrogens is 296 g/mol. The van der Waals surface area contributed by atoms with Gasteiger partial charge in [0.1, 0.15) is 12.4 Å². The second-order valence-electron chi connectivity index (χ2n) is 4.06. The van der Waals surface area contributed by atoms with E-state index in [1.165, 1.54) is 0 Å². The van der Waals surface area contributed by atoms with Gasteiger partial charge < -0.3 is 9.84 Å². The van der Waals surface area contributed by atoms with E-state index >= 15 is 0 Å². The zero-order chi connectivity index (χ0) is 16.2. The summed E-state index contributed by atoms with van der Waals surface area (Å²) >= 11 is 0. The lowest BCUT2D eigenvalue weighted by Gasteiger charge is -2.10. The number of carboxylic acid groups (broad SMARTS) is 1. The summed E-state index contributed by atoms with van der Waals surface area (Å²) in [5.41, 5.74) is -1.80. The van der Waals surface area contributed by atoms with Crippen LogP contribution in [-0.2, 0) is 27.1 Å². The minimum atomic E-state index is -4.81. The van der Waals surface area contributed by atoms with E-state index in [1.54, 1.807) is 0 Å². The van der Waals surface area contributed by atoms with Crippen LogP contribution in [0.15, 0.2) is 30.4 Å². The van der Waals surface area contributed by atoms with Gasteiger partial charge in [0.25, 0.3) is 0 Å². The van der Waals surface area contributed by atoms with E-state index in [4.69, 9.17) is 5.11 Å². The predicted molar refractivity (Wildman–Crippen MR) is 62.6 cm³/mol. The first-order valence-electron chi connectivity index (χ1n) is 5.53. The molecule has 1 rings (SSSR count). The summed E-state index contributed by atoms with van der Waals surface area (Å²) in [5, 5.41) is 8.50. The van der Waals surface area contributed by atoms with E-state index in [0.717, 1.165) is 6.07 Å². The Labute approximate surface area is 116 Å². The molecule has 1 aromatic carbocycles. The van der Waals surface area contributed by atoms with Crippen molar-refractivity contribution >= 4 is 11.9 Å². The van der Waals surface area contributed by atoms with Crippen LogP contribution in [0.1, 0.15) is 17.5 Å². The molecule has 114 valence electrons. The van der Waals surface area contributed by atoms with Crippen LogP contribution in [0.2, 0.25) is 0 Å². The number of rotatable bonds is 5. The Bertz CT molecular complexity index is 578. The van der Waals surface area contributed by atoms with Gasteiger partial charge in [0.05, 0.1) is 12.0 Å². The average Bonchev–Trinajstić information content (AvgIpc) is 2.34. The number of hydrogen-bond donors (Lipinski definition) is 1. The highest BCUT2D eigenvalue weighted by molar-refractivity contribution is 5.91. The fourth-order valence-electron chi connectivity index (χ4n) is 1.34. The molecule has 0 spiro atoms. The van der Waals surface area contributed by atoms with Crippen LogP contribution >= 0.6 is 0 Å². The molecule has 0 aliphatic rings. The highest BCUT2D eigenvalue weighted by Crippen LogP contribution is 2.31. The topological polar surface area (TPSA) is 63.6 Å². The maximum absolute atomic E-state index is 13.2. The first kappa shape index (κ1) is 16.7. The Kier molecular flexibility index (Phi) is 5.07. The number of benzene rings is 1. The Hall–Kier alpha value is -2.38. The third-order valence-electron chi connectivity index (χ3n) is 2.40. The number of ether oxygens (including phenoxy) is 1. The normalized spacial score (nSPS) is 11.0. The minimum Gasteiger partial charge on any atom is -0.478 e. The predicted octanol–water partition coefficient (Wildman–Crippen LogP) is 2.92. The molecular formula is C13H10F4O4. The summed E-state index contributed by atoms with van der Waals surface area (Å²) in [7, 11) is 0. The molecule has 1 aromatic rings. The summed E-state index contributed by atoms with van der Waals surface area (Å²) in [5.74, 6) is -3.78. The Balaban J connectivity index is 2.65. The molecule has 0 aliphatic heterocycles. The van der Waals surface area contributed by atoms with Crippen LogP contribution in [0.25, 0.3) is 0 Å². The molecule has 0 unspecified atom stereocenters. The lowest BCUT2D eigenvalue weighted by Crippen LogP contribution is -2.11. The van der Waals surface area contributed by atoms with Gasteiger partial charge in [-0.2, -0.15) is 13.2 Å². The van der Waals surface area contributed by atoms with Crippen molar-refractivity contribution in [2.45, 2.75) is 19.2 Å². The number of alkyl halides is 3. The molecule has 1 N–H and O–H groups in total. The summed E-state index contributed by atoms with van der Waals surface area (Å²) in [6.45, 7) is 2.65. The van der Waals surface area contributed by atoms with E-state index < -0.39 is 48.1 Å². The maximum Gasteiger partial charge on any atom is 0.419 e. The number of carbonyl (C=O) groups excluding carboxylic acids is 1. The molecule has 0 heterocycles. The quantitative estimate of drug-likeness (QED) is 0.516. The second-order valence-corrected chi connectivity index (χ2v) is 4.06. The third-order valence-corrected chi connectivity index (χ3v) is 2.40. The zero-order valence-corrected chi connectivity index (χ0v) is 10.5. The van der Waals surface area contributed by atoms with Crippen molar-refractivity contribution in [3.05, 3.63) is 47.3 Å². The van der Waals surface area contributed by atoms with Crippen molar-refractivity contribution < 1.29 is 37.0 Å². The van der Waals surface area contributed by atoms with Crippen molar-refractivity contribution in [1.82, 2.24) is 0 Å². The van der Waals surface area contributed by atoms with E-state index in [2.05, 4.69) is 11.3 Å². The second kappa shape index (κ2) is 6.38. The molecule has 0 saturated heterocycles. The average molecular weight is 306 g/mol. The van der Waals surface area contributed by atoms with Gasteiger partial charge in [0.15, 0.2) is 0 Å². The Morgan fingerprint density at radius 2 is 1.90 bits per heavy atom. The summed E-state index contributed by atoms with van der Waals surface area (Å²) in [6.07, 6.45) is -5.38. The van der Waals surface area contributed by atoms with Crippen molar-refractivity contribution in [2.24, 2.45) is 0 Å². The largest absolute Gasteiger partial charge is 0.478 e. The van der Waals surface area contributed by atoms with Gasteiger partial charge in [0, 0.05) is 5.57 Å². The number of carboxylic acids is 1. The molecule has 21 heavy (non-hydrogen) atoms. The molecule has 4 nitrogen and oxygen atoms in total. The fourth-order valence-corrected chi connectivity index (χ4v) is 1.34. The van der Waals surface area contributed by atoms with E-state index in [9.17, 15) is 27.2 Å². The van der Waals surface area contributed by atoms with Gasteiger partial charge in [0.2, 0.25) is 0 Å². The molecule has 0 aliphatic carbocycles. The van der Waals surface area contributed by atoms with Crippen LogP contribution in [0.4, 0.5) is 17.6 Å². The van der Waals surface area contributed by atoms with Crippen molar-refractivity contribution in [3.8, 4) is 0 Å². The molecule has 0 fully saturated rings.